The molecule has 3 aromatic rings. The van der Waals surface area contributed by atoms with Crippen LogP contribution in [0.2, 0.25) is 0 Å². The lowest BCUT2D eigenvalue weighted by molar-refractivity contribution is 0.0393. The highest BCUT2D eigenvalue weighted by Crippen LogP contribution is 2.24. The monoisotopic (exact) mass is 410 g/mol. The number of aromatic nitrogens is 2. The summed E-state index contributed by atoms with van der Waals surface area (Å²) in [6.07, 6.45) is 0. The Kier molecular flexibility index (Phi) is 5.67. The number of benzene rings is 2. The van der Waals surface area contributed by atoms with Gasteiger partial charge in [0.2, 0.25) is 0 Å². The van der Waals surface area contributed by atoms with Gasteiger partial charge in [0.05, 0.1) is 56.1 Å². The number of nitrogens with zero attached hydrogens (tertiary/aromatic N) is 3. The third-order valence-electron chi connectivity index (χ3n) is 4.99. The molecule has 1 aliphatic rings. The molecule has 1 aromatic heterocycles. The van der Waals surface area contributed by atoms with E-state index in [1.54, 1.807) is 19.2 Å². The second-order valence-electron chi connectivity index (χ2n) is 6.96. The minimum Gasteiger partial charge on any atom is -0.497 e. The third-order valence-corrected chi connectivity index (χ3v) is 4.99. The number of hydrogen-bond donors (Lipinski definition) is 1. The van der Waals surface area contributed by atoms with Crippen molar-refractivity contribution in [3.8, 4) is 22.7 Å². The SMILES string of the molecule is COc1ccc(-c2[nH]n(-c3ccc(F)cc3)c(=O)c2C(C)=NN2CCOCC2)cc1. The molecule has 0 radical (unpaired) electrons. The van der Waals surface area contributed by atoms with Crippen LogP contribution in [-0.4, -0.2) is 53.9 Å². The quantitative estimate of drug-likeness (QED) is 0.657. The van der Waals surface area contributed by atoms with E-state index in [9.17, 15) is 9.18 Å². The van der Waals surface area contributed by atoms with E-state index in [0.29, 0.717) is 49.0 Å². The molecule has 2 aromatic carbocycles. The fourth-order valence-electron chi connectivity index (χ4n) is 3.43. The van der Waals surface area contributed by atoms with Crippen molar-refractivity contribution in [3.63, 3.8) is 0 Å². The highest BCUT2D eigenvalue weighted by atomic mass is 19.1. The summed E-state index contributed by atoms with van der Waals surface area (Å²) in [5.74, 6) is 0.360. The van der Waals surface area contributed by atoms with Crippen LogP contribution in [0.15, 0.2) is 58.4 Å². The number of halogens is 1. The number of nitrogens with one attached hydrogen (secondary N) is 1. The van der Waals surface area contributed by atoms with Crippen LogP contribution in [0.1, 0.15) is 12.5 Å². The molecule has 0 atom stereocenters. The van der Waals surface area contributed by atoms with Crippen LogP contribution in [0.25, 0.3) is 16.9 Å². The van der Waals surface area contributed by atoms with Crippen molar-refractivity contribution in [1.82, 2.24) is 14.8 Å². The van der Waals surface area contributed by atoms with Crippen LogP contribution in [0.3, 0.4) is 0 Å². The Morgan fingerprint density at radius 2 is 1.77 bits per heavy atom. The topological polar surface area (TPSA) is 71.8 Å². The Bertz CT molecular complexity index is 1090. The summed E-state index contributed by atoms with van der Waals surface area (Å²) < 4.78 is 25.4. The zero-order chi connectivity index (χ0) is 21.1. The van der Waals surface area contributed by atoms with Gasteiger partial charge in [-0.2, -0.15) is 5.10 Å². The number of morpholine rings is 1. The van der Waals surface area contributed by atoms with Crippen molar-refractivity contribution < 1.29 is 13.9 Å². The average Bonchev–Trinajstić information content (AvgIpc) is 3.12. The predicted octanol–water partition coefficient (Wildman–Crippen LogP) is 3.04. The number of ether oxygens (including phenoxy) is 2. The second-order valence-corrected chi connectivity index (χ2v) is 6.96. The third kappa shape index (κ3) is 3.99. The Morgan fingerprint density at radius 1 is 1.10 bits per heavy atom. The van der Waals surface area contributed by atoms with E-state index in [-0.39, 0.29) is 11.4 Å². The van der Waals surface area contributed by atoms with Crippen LogP contribution in [0.4, 0.5) is 4.39 Å². The van der Waals surface area contributed by atoms with E-state index in [4.69, 9.17) is 9.47 Å². The predicted molar refractivity (Wildman–Crippen MR) is 113 cm³/mol. The first-order chi connectivity index (χ1) is 14.6. The van der Waals surface area contributed by atoms with Gasteiger partial charge in [-0.25, -0.2) is 9.07 Å². The molecule has 1 fully saturated rings. The number of aromatic amines is 1. The zero-order valence-electron chi connectivity index (χ0n) is 16.9. The second kappa shape index (κ2) is 8.54. The first-order valence-electron chi connectivity index (χ1n) is 9.70. The molecule has 156 valence electrons. The Hall–Kier alpha value is -3.39. The Morgan fingerprint density at radius 3 is 2.40 bits per heavy atom. The molecule has 0 spiro atoms. The summed E-state index contributed by atoms with van der Waals surface area (Å²) in [7, 11) is 1.60. The van der Waals surface area contributed by atoms with E-state index < -0.39 is 0 Å². The summed E-state index contributed by atoms with van der Waals surface area (Å²) in [6.45, 7) is 4.38. The number of hydrogen-bond acceptors (Lipinski definition) is 5. The Labute approximate surface area is 173 Å². The molecule has 2 heterocycles. The standard InChI is InChI=1S/C22H23FN4O3/c1-15(24-26-11-13-30-14-12-26)20-21(16-3-9-19(29-2)10-4-16)25-27(22(20)28)18-7-5-17(23)6-8-18/h3-10,25H,11-14H2,1-2H3. The molecule has 7 nitrogen and oxygen atoms in total. The molecule has 30 heavy (non-hydrogen) atoms. The molecular formula is C22H23FN4O3. The fraction of sp³-hybridized carbons (Fsp3) is 0.273. The van der Waals surface area contributed by atoms with E-state index in [1.165, 1.54) is 16.8 Å². The van der Waals surface area contributed by atoms with Gasteiger partial charge in [0, 0.05) is 5.56 Å². The van der Waals surface area contributed by atoms with Gasteiger partial charge >= 0.3 is 0 Å². The van der Waals surface area contributed by atoms with Crippen molar-refractivity contribution in [2.24, 2.45) is 5.10 Å². The van der Waals surface area contributed by atoms with Crippen LogP contribution < -0.4 is 10.3 Å². The van der Waals surface area contributed by atoms with Crippen LogP contribution in [0, 0.1) is 5.82 Å². The number of hydrazone groups is 1. The minimum atomic E-state index is -0.362. The summed E-state index contributed by atoms with van der Waals surface area (Å²) in [5.41, 5.74) is 2.83. The van der Waals surface area contributed by atoms with E-state index >= 15 is 0 Å². The number of rotatable bonds is 5. The maximum absolute atomic E-state index is 13.4. The normalized spacial score (nSPS) is 14.8. The molecule has 0 unspecified atom stereocenters. The summed E-state index contributed by atoms with van der Waals surface area (Å²) in [5, 5.41) is 9.74. The highest BCUT2D eigenvalue weighted by Gasteiger charge is 2.20. The Balaban J connectivity index is 1.83. The van der Waals surface area contributed by atoms with Crippen LogP contribution >= 0.6 is 0 Å². The average molecular weight is 410 g/mol. The van der Waals surface area contributed by atoms with Crippen molar-refractivity contribution in [2.45, 2.75) is 6.92 Å². The lowest BCUT2D eigenvalue weighted by atomic mass is 10.1. The van der Waals surface area contributed by atoms with Gasteiger partial charge in [0.25, 0.3) is 5.56 Å². The van der Waals surface area contributed by atoms with Gasteiger partial charge in [-0.3, -0.25) is 14.9 Å². The van der Waals surface area contributed by atoms with Crippen LogP contribution in [-0.2, 0) is 4.74 Å². The van der Waals surface area contributed by atoms with Crippen molar-refractivity contribution in [1.29, 1.82) is 0 Å². The van der Waals surface area contributed by atoms with E-state index in [1.807, 2.05) is 36.2 Å². The lowest BCUT2D eigenvalue weighted by Gasteiger charge is -2.24. The summed E-state index contributed by atoms with van der Waals surface area (Å²) in [4.78, 5) is 13.3. The highest BCUT2D eigenvalue weighted by molar-refractivity contribution is 6.03. The van der Waals surface area contributed by atoms with Crippen molar-refractivity contribution in [2.75, 3.05) is 33.4 Å². The smallest absolute Gasteiger partial charge is 0.281 e. The minimum absolute atomic E-state index is 0.248. The first kappa shape index (κ1) is 19.9. The molecule has 1 N–H and O–H groups in total. The van der Waals surface area contributed by atoms with Gasteiger partial charge < -0.3 is 9.47 Å². The van der Waals surface area contributed by atoms with Gasteiger partial charge in [-0.05, 0) is 55.5 Å². The molecule has 0 saturated carbocycles. The fourth-order valence-corrected chi connectivity index (χ4v) is 3.43. The van der Waals surface area contributed by atoms with Crippen molar-refractivity contribution >= 4 is 5.71 Å². The molecule has 0 bridgehead atoms. The van der Waals surface area contributed by atoms with Gasteiger partial charge in [0.15, 0.2) is 0 Å². The molecule has 1 saturated heterocycles. The van der Waals surface area contributed by atoms with Gasteiger partial charge in [-0.1, -0.05) is 0 Å². The maximum Gasteiger partial charge on any atom is 0.281 e. The zero-order valence-corrected chi connectivity index (χ0v) is 16.9. The molecule has 1 aliphatic heterocycles. The molecule has 0 aliphatic carbocycles. The lowest BCUT2D eigenvalue weighted by Crippen LogP contribution is -2.33. The molecular weight excluding hydrogens is 387 g/mol. The van der Waals surface area contributed by atoms with Gasteiger partial charge in [-0.15, -0.1) is 0 Å². The van der Waals surface area contributed by atoms with Crippen molar-refractivity contribution in [3.05, 3.63) is 70.3 Å². The van der Waals surface area contributed by atoms with Crippen LogP contribution in [0.5, 0.6) is 5.75 Å². The molecule has 0 amide bonds. The van der Waals surface area contributed by atoms with Gasteiger partial charge in [0.1, 0.15) is 11.6 Å². The molecule has 8 heteroatoms. The largest absolute Gasteiger partial charge is 0.497 e. The first-order valence-corrected chi connectivity index (χ1v) is 9.70. The van der Waals surface area contributed by atoms with E-state index in [2.05, 4.69) is 10.2 Å². The summed E-state index contributed by atoms with van der Waals surface area (Å²) >= 11 is 0. The number of methoxy groups -OCH3 is 1. The number of H-pyrrole nitrogens is 1. The molecule has 4 rings (SSSR count). The maximum atomic E-state index is 13.4. The van der Waals surface area contributed by atoms with E-state index in [0.717, 1.165) is 11.3 Å². The summed E-state index contributed by atoms with van der Waals surface area (Å²) in [6, 6.07) is 13.2.